The number of aryl methyl sites for hydroxylation is 1. The summed E-state index contributed by atoms with van der Waals surface area (Å²) in [7, 11) is 0. The minimum atomic E-state index is -0.531. The van der Waals surface area contributed by atoms with Gasteiger partial charge in [-0.3, -0.25) is 15.5 Å². The molecule has 1 aromatic heterocycles. The average Bonchev–Trinajstić information content (AvgIpc) is 2.38. The van der Waals surface area contributed by atoms with Gasteiger partial charge in [0.05, 0.1) is 4.92 Å². The van der Waals surface area contributed by atoms with Gasteiger partial charge in [0.1, 0.15) is 5.84 Å². The monoisotopic (exact) mass is 272 g/mol. The van der Waals surface area contributed by atoms with E-state index in [1.165, 1.54) is 18.2 Å². The van der Waals surface area contributed by atoms with Gasteiger partial charge >= 0.3 is 5.69 Å². The van der Waals surface area contributed by atoms with Gasteiger partial charge in [-0.25, -0.2) is 4.98 Å². The van der Waals surface area contributed by atoms with E-state index in [9.17, 15) is 10.1 Å². The Kier molecular flexibility index (Phi) is 3.60. The number of nitro groups is 1. The van der Waals surface area contributed by atoms with Gasteiger partial charge < -0.3 is 10.5 Å². The number of rotatable bonds is 4. The van der Waals surface area contributed by atoms with Crippen molar-refractivity contribution in [2.75, 3.05) is 0 Å². The number of nitrogens with two attached hydrogens (primary N) is 1. The van der Waals surface area contributed by atoms with E-state index in [1.54, 1.807) is 25.1 Å². The van der Waals surface area contributed by atoms with Crippen molar-refractivity contribution in [2.24, 2.45) is 5.73 Å². The number of nitro benzene ring substituents is 1. The molecular weight excluding hydrogens is 260 g/mol. The number of nitrogens with one attached hydrogen (secondary N) is 1. The normalized spacial score (nSPS) is 10.1. The van der Waals surface area contributed by atoms with Crippen LogP contribution in [-0.2, 0) is 0 Å². The molecule has 2 rings (SSSR count). The van der Waals surface area contributed by atoms with Crippen LogP contribution < -0.4 is 10.5 Å². The van der Waals surface area contributed by atoms with Gasteiger partial charge in [-0.05, 0) is 19.1 Å². The summed E-state index contributed by atoms with van der Waals surface area (Å²) in [6, 6.07) is 9.10. The highest BCUT2D eigenvalue weighted by Crippen LogP contribution is 2.30. The molecule has 0 amide bonds. The molecule has 1 aromatic carbocycles. The molecule has 7 nitrogen and oxygen atoms in total. The molecule has 2 aromatic rings. The summed E-state index contributed by atoms with van der Waals surface area (Å²) in [5.74, 6) is 0.123. The lowest BCUT2D eigenvalue weighted by atomic mass is 10.2. The van der Waals surface area contributed by atoms with Gasteiger partial charge in [0, 0.05) is 23.4 Å². The predicted molar refractivity (Wildman–Crippen MR) is 73.2 cm³/mol. The fourth-order valence-corrected chi connectivity index (χ4v) is 1.65. The van der Waals surface area contributed by atoms with E-state index in [0.717, 1.165) is 0 Å². The molecule has 20 heavy (non-hydrogen) atoms. The topological polar surface area (TPSA) is 115 Å². The van der Waals surface area contributed by atoms with Crippen LogP contribution in [0, 0.1) is 22.4 Å². The summed E-state index contributed by atoms with van der Waals surface area (Å²) in [5.41, 5.74) is 6.32. The lowest BCUT2D eigenvalue weighted by Gasteiger charge is -2.08. The van der Waals surface area contributed by atoms with Gasteiger partial charge in [-0.2, -0.15) is 0 Å². The second-order valence-electron chi connectivity index (χ2n) is 4.08. The van der Waals surface area contributed by atoms with Crippen LogP contribution >= 0.6 is 0 Å². The van der Waals surface area contributed by atoms with E-state index < -0.39 is 4.92 Å². The zero-order valence-corrected chi connectivity index (χ0v) is 10.7. The molecule has 0 saturated heterocycles. The highest BCUT2D eigenvalue weighted by Gasteiger charge is 2.15. The van der Waals surface area contributed by atoms with E-state index in [-0.39, 0.29) is 23.2 Å². The Balaban J connectivity index is 2.40. The van der Waals surface area contributed by atoms with Crippen LogP contribution in [0.1, 0.15) is 11.3 Å². The minimum absolute atomic E-state index is 0.0881. The first-order valence-corrected chi connectivity index (χ1v) is 5.71. The fraction of sp³-hybridized carbons (Fsp3) is 0.0769. The number of amidine groups is 1. The van der Waals surface area contributed by atoms with Crippen LogP contribution in [0.5, 0.6) is 11.6 Å². The molecule has 0 aliphatic rings. The molecular formula is C13H12N4O3. The third kappa shape index (κ3) is 2.89. The molecule has 0 aliphatic heterocycles. The number of aromatic nitrogens is 1. The van der Waals surface area contributed by atoms with Crippen LogP contribution in [0.2, 0.25) is 0 Å². The summed E-state index contributed by atoms with van der Waals surface area (Å²) >= 11 is 0. The maximum atomic E-state index is 10.9. The number of ether oxygens (including phenoxy) is 1. The lowest BCUT2D eigenvalue weighted by Crippen LogP contribution is -2.11. The Labute approximate surface area is 114 Å². The third-order valence-electron chi connectivity index (χ3n) is 2.52. The van der Waals surface area contributed by atoms with Crippen molar-refractivity contribution in [3.63, 3.8) is 0 Å². The number of para-hydroxylation sites is 2. The summed E-state index contributed by atoms with van der Waals surface area (Å²) in [6.07, 6.45) is 0. The van der Waals surface area contributed by atoms with Gasteiger partial charge in [0.25, 0.3) is 0 Å². The van der Waals surface area contributed by atoms with Gasteiger partial charge in [-0.15, -0.1) is 0 Å². The molecule has 3 N–H and O–H groups in total. The van der Waals surface area contributed by atoms with Gasteiger partial charge in [0.2, 0.25) is 11.6 Å². The second-order valence-corrected chi connectivity index (χ2v) is 4.08. The summed E-state index contributed by atoms with van der Waals surface area (Å²) < 4.78 is 5.44. The molecule has 0 unspecified atom stereocenters. The molecule has 0 saturated carbocycles. The van der Waals surface area contributed by atoms with Crippen molar-refractivity contribution in [3.05, 3.63) is 57.8 Å². The average molecular weight is 272 g/mol. The maximum absolute atomic E-state index is 10.9. The van der Waals surface area contributed by atoms with Crippen molar-refractivity contribution >= 4 is 11.5 Å². The largest absolute Gasteiger partial charge is 0.432 e. The van der Waals surface area contributed by atoms with Crippen LogP contribution in [0.15, 0.2) is 36.4 Å². The van der Waals surface area contributed by atoms with E-state index >= 15 is 0 Å². The third-order valence-corrected chi connectivity index (χ3v) is 2.52. The highest BCUT2D eigenvalue weighted by atomic mass is 16.6. The number of hydrogen-bond donors (Lipinski definition) is 2. The summed E-state index contributed by atoms with van der Waals surface area (Å²) in [4.78, 5) is 14.5. The molecule has 102 valence electrons. The minimum Gasteiger partial charge on any atom is -0.432 e. The Morgan fingerprint density at radius 1 is 1.40 bits per heavy atom. The standard InChI is InChI=1S/C13H12N4O3/c1-8-6-9(13(14)15)7-12(16-8)20-11-5-3-2-4-10(11)17(18)19/h2-7H,1H3,(H3,14,15). The number of nitrogen functional groups attached to an aromatic ring is 1. The number of pyridine rings is 1. The summed E-state index contributed by atoms with van der Waals surface area (Å²) in [5, 5.41) is 18.3. The molecule has 7 heteroatoms. The van der Waals surface area contributed by atoms with Gasteiger partial charge in [0.15, 0.2) is 0 Å². The first kappa shape index (κ1) is 13.5. The number of hydrogen-bond acceptors (Lipinski definition) is 5. The first-order chi connectivity index (χ1) is 9.47. The van der Waals surface area contributed by atoms with E-state index in [1.807, 2.05) is 0 Å². The quantitative estimate of drug-likeness (QED) is 0.383. The van der Waals surface area contributed by atoms with Crippen LogP contribution in [0.4, 0.5) is 5.69 Å². The van der Waals surface area contributed by atoms with Crippen molar-refractivity contribution < 1.29 is 9.66 Å². The smallest absolute Gasteiger partial charge is 0.311 e. The predicted octanol–water partition coefficient (Wildman–Crippen LogP) is 2.37. The van der Waals surface area contributed by atoms with E-state index in [0.29, 0.717) is 11.3 Å². The van der Waals surface area contributed by atoms with Crippen LogP contribution in [0.25, 0.3) is 0 Å². The SMILES string of the molecule is Cc1cc(C(=N)N)cc(Oc2ccccc2[N+](=O)[O-])n1. The Morgan fingerprint density at radius 2 is 2.10 bits per heavy atom. The molecule has 0 bridgehead atoms. The summed E-state index contributed by atoms with van der Waals surface area (Å²) in [6.45, 7) is 1.72. The Hall–Kier alpha value is -2.96. The van der Waals surface area contributed by atoms with Crippen LogP contribution in [0.3, 0.4) is 0 Å². The van der Waals surface area contributed by atoms with Crippen molar-refractivity contribution in [2.45, 2.75) is 6.92 Å². The Morgan fingerprint density at radius 3 is 2.75 bits per heavy atom. The number of benzene rings is 1. The number of nitrogens with zero attached hydrogens (tertiary/aromatic N) is 2. The van der Waals surface area contributed by atoms with E-state index in [4.69, 9.17) is 15.9 Å². The molecule has 0 aliphatic carbocycles. The zero-order valence-electron chi connectivity index (χ0n) is 10.7. The zero-order chi connectivity index (χ0) is 14.7. The fourth-order valence-electron chi connectivity index (χ4n) is 1.65. The van der Waals surface area contributed by atoms with Crippen molar-refractivity contribution in [3.8, 4) is 11.6 Å². The molecule has 1 heterocycles. The molecule has 0 fully saturated rings. The van der Waals surface area contributed by atoms with Gasteiger partial charge in [-0.1, -0.05) is 12.1 Å². The first-order valence-electron chi connectivity index (χ1n) is 5.71. The lowest BCUT2D eigenvalue weighted by molar-refractivity contribution is -0.385. The Bertz CT molecular complexity index is 685. The van der Waals surface area contributed by atoms with E-state index in [2.05, 4.69) is 4.98 Å². The highest BCUT2D eigenvalue weighted by molar-refractivity contribution is 5.95. The molecule has 0 spiro atoms. The van der Waals surface area contributed by atoms with Crippen molar-refractivity contribution in [1.29, 1.82) is 5.41 Å². The van der Waals surface area contributed by atoms with Crippen LogP contribution in [-0.4, -0.2) is 15.7 Å². The second kappa shape index (κ2) is 5.35. The van der Waals surface area contributed by atoms with Crippen molar-refractivity contribution in [1.82, 2.24) is 4.98 Å². The molecule has 0 atom stereocenters. The molecule has 0 radical (unpaired) electrons. The maximum Gasteiger partial charge on any atom is 0.311 e.